The van der Waals surface area contributed by atoms with Crippen LogP contribution in [-0.4, -0.2) is 13.1 Å². The Morgan fingerprint density at radius 1 is 1.44 bits per heavy atom. The number of ether oxygens (including phenoxy) is 1. The maximum Gasteiger partial charge on any atom is 0.416 e. The molecule has 0 heterocycles. The second-order valence-corrected chi connectivity index (χ2v) is 3.00. The van der Waals surface area contributed by atoms with Gasteiger partial charge in [-0.2, -0.15) is 13.2 Å². The fourth-order valence-corrected chi connectivity index (χ4v) is 1.20. The van der Waals surface area contributed by atoms with E-state index in [1.807, 2.05) is 0 Å². The molecule has 0 fully saturated rings. The third-order valence-electron chi connectivity index (χ3n) is 2.00. The molecular weight excluding hydrogens is 221 g/mol. The molecule has 1 aromatic carbocycles. The van der Waals surface area contributed by atoms with Crippen LogP contribution in [0.1, 0.15) is 21.5 Å². The summed E-state index contributed by atoms with van der Waals surface area (Å²) in [4.78, 5) is 11.2. The fraction of sp³-hybridized carbons (Fsp3) is 0.182. The number of hydrogen-bond acceptors (Lipinski definition) is 2. The zero-order chi connectivity index (χ0) is 12.3. The van der Waals surface area contributed by atoms with Gasteiger partial charge in [-0.15, -0.1) is 0 Å². The Hall–Kier alpha value is -1.78. The van der Waals surface area contributed by atoms with E-state index < -0.39 is 17.7 Å². The summed E-state index contributed by atoms with van der Waals surface area (Å²) in [5.41, 5.74) is -0.665. The van der Waals surface area contributed by atoms with Gasteiger partial charge in [0.1, 0.15) is 0 Å². The molecule has 0 N–H and O–H groups in total. The van der Waals surface area contributed by atoms with Gasteiger partial charge in [0, 0.05) is 0 Å². The highest BCUT2D eigenvalue weighted by atomic mass is 19.4. The van der Waals surface area contributed by atoms with Crippen molar-refractivity contribution in [3.63, 3.8) is 0 Å². The summed E-state index contributed by atoms with van der Waals surface area (Å²) in [6, 6.07) is 2.77. The van der Waals surface area contributed by atoms with Gasteiger partial charge in [0.25, 0.3) is 0 Å². The monoisotopic (exact) mass is 230 g/mol. The van der Waals surface area contributed by atoms with Gasteiger partial charge in [0.05, 0.1) is 18.2 Å². The Balaban J connectivity index is 3.27. The Bertz CT molecular complexity index is 422. The third kappa shape index (κ3) is 2.42. The molecule has 1 rings (SSSR count). The lowest BCUT2D eigenvalue weighted by molar-refractivity contribution is -0.137. The first-order valence-corrected chi connectivity index (χ1v) is 4.32. The van der Waals surface area contributed by atoms with Gasteiger partial charge in [0.2, 0.25) is 0 Å². The van der Waals surface area contributed by atoms with Crippen molar-refractivity contribution in [3.05, 3.63) is 41.5 Å². The van der Waals surface area contributed by atoms with Crippen molar-refractivity contribution in [2.75, 3.05) is 7.11 Å². The van der Waals surface area contributed by atoms with Crippen molar-refractivity contribution in [3.8, 4) is 0 Å². The summed E-state index contributed by atoms with van der Waals surface area (Å²) in [7, 11) is 1.16. The van der Waals surface area contributed by atoms with E-state index in [-0.39, 0.29) is 11.1 Å². The van der Waals surface area contributed by atoms with E-state index in [4.69, 9.17) is 0 Å². The van der Waals surface area contributed by atoms with Crippen LogP contribution in [0.25, 0.3) is 6.08 Å². The first-order chi connectivity index (χ1) is 7.40. The number of benzene rings is 1. The predicted molar refractivity (Wildman–Crippen MR) is 52.9 cm³/mol. The van der Waals surface area contributed by atoms with E-state index in [1.54, 1.807) is 0 Å². The van der Waals surface area contributed by atoms with Crippen molar-refractivity contribution in [1.29, 1.82) is 0 Å². The van der Waals surface area contributed by atoms with Crippen molar-refractivity contribution in [1.82, 2.24) is 0 Å². The van der Waals surface area contributed by atoms with Crippen LogP contribution in [0.4, 0.5) is 13.2 Å². The molecule has 0 aliphatic heterocycles. The number of halogens is 3. The highest BCUT2D eigenvalue weighted by molar-refractivity contribution is 5.93. The molecule has 0 spiro atoms. The molecule has 0 unspecified atom stereocenters. The molecule has 0 saturated carbocycles. The van der Waals surface area contributed by atoms with Crippen LogP contribution in [0.15, 0.2) is 24.8 Å². The molecule has 0 aliphatic carbocycles. The van der Waals surface area contributed by atoms with Gasteiger partial charge in [-0.25, -0.2) is 4.79 Å². The van der Waals surface area contributed by atoms with Gasteiger partial charge in [0.15, 0.2) is 0 Å². The van der Waals surface area contributed by atoms with E-state index in [0.29, 0.717) is 0 Å². The van der Waals surface area contributed by atoms with Crippen LogP contribution in [-0.2, 0) is 10.9 Å². The summed E-state index contributed by atoms with van der Waals surface area (Å²) < 4.78 is 41.5. The SMILES string of the molecule is C=Cc1cc(C(F)(F)F)ccc1C(=O)OC. The predicted octanol–water partition coefficient (Wildman–Crippen LogP) is 3.14. The van der Waals surface area contributed by atoms with E-state index in [0.717, 1.165) is 25.3 Å². The molecule has 0 aromatic heterocycles. The topological polar surface area (TPSA) is 26.3 Å². The van der Waals surface area contributed by atoms with Crippen molar-refractivity contribution in [2.45, 2.75) is 6.18 Å². The van der Waals surface area contributed by atoms with Crippen molar-refractivity contribution < 1.29 is 22.7 Å². The molecule has 0 bridgehead atoms. The molecular formula is C11H9F3O2. The van der Waals surface area contributed by atoms with E-state index in [9.17, 15) is 18.0 Å². The number of hydrogen-bond donors (Lipinski definition) is 0. The quantitative estimate of drug-likeness (QED) is 0.729. The van der Waals surface area contributed by atoms with Gasteiger partial charge in [-0.05, 0) is 23.8 Å². The highest BCUT2D eigenvalue weighted by Gasteiger charge is 2.31. The van der Waals surface area contributed by atoms with Gasteiger partial charge in [-0.1, -0.05) is 12.7 Å². The molecule has 2 nitrogen and oxygen atoms in total. The molecule has 86 valence electrons. The molecule has 16 heavy (non-hydrogen) atoms. The molecule has 0 atom stereocenters. The number of carbonyl (C=O) groups is 1. The standard InChI is InChI=1S/C11H9F3O2/c1-3-7-6-8(11(12,13)14)4-5-9(7)10(15)16-2/h3-6H,1H2,2H3. The molecule has 0 amide bonds. The number of methoxy groups -OCH3 is 1. The lowest BCUT2D eigenvalue weighted by atomic mass is 10.0. The third-order valence-corrected chi connectivity index (χ3v) is 2.00. The maximum absolute atomic E-state index is 12.4. The second kappa shape index (κ2) is 4.38. The highest BCUT2D eigenvalue weighted by Crippen LogP contribution is 2.30. The summed E-state index contributed by atoms with van der Waals surface area (Å²) in [6.07, 6.45) is -3.26. The number of esters is 1. The summed E-state index contributed by atoms with van der Waals surface area (Å²) in [6.45, 7) is 3.36. The Kier molecular flexibility index (Phi) is 3.37. The summed E-state index contributed by atoms with van der Waals surface area (Å²) in [5.74, 6) is -0.691. The van der Waals surface area contributed by atoms with E-state index in [1.165, 1.54) is 6.08 Å². The molecule has 0 radical (unpaired) electrons. The molecule has 0 saturated heterocycles. The van der Waals surface area contributed by atoms with Crippen LogP contribution in [0.5, 0.6) is 0 Å². The normalized spacial score (nSPS) is 11.0. The largest absolute Gasteiger partial charge is 0.465 e. The van der Waals surface area contributed by atoms with Gasteiger partial charge < -0.3 is 4.74 Å². The minimum atomic E-state index is -4.44. The Labute approximate surface area is 90.3 Å². The van der Waals surface area contributed by atoms with Crippen LogP contribution >= 0.6 is 0 Å². The van der Waals surface area contributed by atoms with Crippen LogP contribution in [0, 0.1) is 0 Å². The number of rotatable bonds is 2. The second-order valence-electron chi connectivity index (χ2n) is 3.00. The van der Waals surface area contributed by atoms with Crippen molar-refractivity contribution in [2.24, 2.45) is 0 Å². The Morgan fingerprint density at radius 3 is 2.50 bits per heavy atom. The maximum atomic E-state index is 12.4. The number of alkyl halides is 3. The van der Waals surface area contributed by atoms with Crippen LogP contribution in [0.2, 0.25) is 0 Å². The van der Waals surface area contributed by atoms with Crippen LogP contribution < -0.4 is 0 Å². The summed E-state index contributed by atoms with van der Waals surface area (Å²) in [5, 5.41) is 0. The van der Waals surface area contributed by atoms with Gasteiger partial charge in [-0.3, -0.25) is 0 Å². The first kappa shape index (κ1) is 12.3. The smallest absolute Gasteiger partial charge is 0.416 e. The zero-order valence-corrected chi connectivity index (χ0v) is 8.47. The fourth-order valence-electron chi connectivity index (χ4n) is 1.20. The number of carbonyl (C=O) groups excluding carboxylic acids is 1. The molecule has 5 heteroatoms. The Morgan fingerprint density at radius 2 is 2.06 bits per heavy atom. The molecule has 1 aromatic rings. The average Bonchev–Trinajstić information content (AvgIpc) is 2.26. The minimum absolute atomic E-state index is 0.0606. The van der Waals surface area contributed by atoms with Crippen LogP contribution in [0.3, 0.4) is 0 Å². The first-order valence-electron chi connectivity index (χ1n) is 4.32. The lowest BCUT2D eigenvalue weighted by Crippen LogP contribution is -2.09. The minimum Gasteiger partial charge on any atom is -0.465 e. The zero-order valence-electron chi connectivity index (χ0n) is 8.47. The van der Waals surface area contributed by atoms with Crippen molar-refractivity contribution >= 4 is 12.0 Å². The molecule has 0 aliphatic rings. The average molecular weight is 230 g/mol. The summed E-state index contributed by atoms with van der Waals surface area (Å²) >= 11 is 0. The van der Waals surface area contributed by atoms with Gasteiger partial charge >= 0.3 is 12.1 Å². The lowest BCUT2D eigenvalue weighted by Gasteiger charge is -2.09. The van der Waals surface area contributed by atoms with E-state index in [2.05, 4.69) is 11.3 Å². The van der Waals surface area contributed by atoms with E-state index >= 15 is 0 Å².